The summed E-state index contributed by atoms with van der Waals surface area (Å²) in [6.07, 6.45) is 11.0. The number of anilines is 2. The second kappa shape index (κ2) is 9.01. The Morgan fingerprint density at radius 2 is 1.92 bits per heavy atom. The summed E-state index contributed by atoms with van der Waals surface area (Å²) >= 11 is 11.9. The van der Waals surface area contributed by atoms with Crippen LogP contribution in [0.2, 0.25) is 10.0 Å². The first-order valence-electron chi connectivity index (χ1n) is 8.62. The molecule has 0 fully saturated rings. The predicted molar refractivity (Wildman–Crippen MR) is 105 cm³/mol. The lowest BCUT2D eigenvalue weighted by molar-refractivity contribution is 0.0953. The average Bonchev–Trinajstić information content (AvgIpc) is 2.66. The van der Waals surface area contributed by atoms with Gasteiger partial charge in [0.1, 0.15) is 0 Å². The molecule has 0 radical (unpaired) electrons. The van der Waals surface area contributed by atoms with Crippen LogP contribution >= 0.6 is 23.2 Å². The van der Waals surface area contributed by atoms with Crippen molar-refractivity contribution in [2.75, 3.05) is 11.9 Å². The van der Waals surface area contributed by atoms with E-state index in [1.165, 1.54) is 30.8 Å². The van der Waals surface area contributed by atoms with Crippen molar-refractivity contribution in [3.8, 4) is 0 Å². The Morgan fingerprint density at radius 1 is 1.12 bits per heavy atom. The van der Waals surface area contributed by atoms with Gasteiger partial charge in [0.25, 0.3) is 5.91 Å². The van der Waals surface area contributed by atoms with E-state index in [2.05, 4.69) is 26.7 Å². The minimum absolute atomic E-state index is 0.164. The van der Waals surface area contributed by atoms with E-state index in [0.717, 1.165) is 24.9 Å². The summed E-state index contributed by atoms with van der Waals surface area (Å²) in [5.41, 5.74) is 2.59. The quantitative estimate of drug-likeness (QED) is 0.669. The molecular formula is C19H20Cl2N4O. The number of halogens is 2. The summed E-state index contributed by atoms with van der Waals surface area (Å²) in [5.74, 6) is 0.217. The van der Waals surface area contributed by atoms with Crippen LogP contribution in [0.1, 0.15) is 42.5 Å². The molecule has 1 aromatic carbocycles. The van der Waals surface area contributed by atoms with Crippen molar-refractivity contribution in [3.05, 3.63) is 57.9 Å². The Kier molecular flexibility index (Phi) is 6.47. The number of benzene rings is 1. The van der Waals surface area contributed by atoms with Gasteiger partial charge in [-0.1, -0.05) is 34.9 Å². The molecule has 0 spiro atoms. The van der Waals surface area contributed by atoms with Gasteiger partial charge in [-0.25, -0.2) is 9.97 Å². The lowest BCUT2D eigenvalue weighted by Crippen LogP contribution is -2.25. The van der Waals surface area contributed by atoms with Crippen LogP contribution < -0.4 is 10.6 Å². The van der Waals surface area contributed by atoms with Gasteiger partial charge in [0.05, 0.1) is 15.6 Å². The number of nitrogens with one attached hydrogen (secondary N) is 2. The fourth-order valence-corrected chi connectivity index (χ4v) is 3.08. The van der Waals surface area contributed by atoms with Crippen molar-refractivity contribution in [2.24, 2.45) is 0 Å². The molecule has 7 heteroatoms. The zero-order valence-electron chi connectivity index (χ0n) is 14.3. The molecule has 0 unspecified atom stereocenters. The molecule has 3 rings (SSSR count). The molecule has 1 amide bonds. The number of amides is 1. The number of hydrogen-bond acceptors (Lipinski definition) is 4. The molecule has 0 aliphatic heterocycles. The van der Waals surface area contributed by atoms with E-state index in [4.69, 9.17) is 23.2 Å². The van der Waals surface area contributed by atoms with Crippen LogP contribution in [0.5, 0.6) is 0 Å². The molecular weight excluding hydrogens is 371 g/mol. The summed E-state index contributed by atoms with van der Waals surface area (Å²) in [6.45, 7) is 0.633. The van der Waals surface area contributed by atoms with Crippen molar-refractivity contribution >= 4 is 40.7 Å². The molecule has 1 heterocycles. The van der Waals surface area contributed by atoms with Gasteiger partial charge in [-0.15, -0.1) is 0 Å². The number of carbonyl (C=O) groups is 1. The third kappa shape index (κ3) is 5.19. The summed E-state index contributed by atoms with van der Waals surface area (Å²) in [7, 11) is 0. The zero-order valence-corrected chi connectivity index (χ0v) is 15.8. The van der Waals surface area contributed by atoms with Crippen LogP contribution in [-0.4, -0.2) is 22.4 Å². The molecule has 5 nitrogen and oxygen atoms in total. The molecule has 2 N–H and O–H groups in total. The summed E-state index contributed by atoms with van der Waals surface area (Å²) in [5, 5.41) is 6.86. The molecule has 0 bridgehead atoms. The van der Waals surface area contributed by atoms with E-state index >= 15 is 0 Å². The van der Waals surface area contributed by atoms with Crippen LogP contribution in [0, 0.1) is 0 Å². The highest BCUT2D eigenvalue weighted by atomic mass is 35.5. The minimum Gasteiger partial charge on any atom is -0.352 e. The standard InChI is InChI=1S/C19H20Cl2N4O/c20-16-7-6-15(10-17(16)21)25-19-23-11-14(12-24-19)18(26)22-9-8-13-4-2-1-3-5-13/h4,6-7,10-12H,1-3,5,8-9H2,(H,22,26)(H,23,24,25). The first-order valence-corrected chi connectivity index (χ1v) is 9.37. The SMILES string of the molecule is O=C(NCCC1=CCCCC1)c1cnc(Nc2ccc(Cl)c(Cl)c2)nc1. The molecule has 2 aromatic rings. The summed E-state index contributed by atoms with van der Waals surface area (Å²) in [4.78, 5) is 20.5. The normalized spacial score (nSPS) is 13.8. The highest BCUT2D eigenvalue weighted by Crippen LogP contribution is 2.26. The molecule has 1 aliphatic rings. The van der Waals surface area contributed by atoms with Crippen LogP contribution in [-0.2, 0) is 0 Å². The van der Waals surface area contributed by atoms with Gasteiger partial charge in [0, 0.05) is 24.6 Å². The van der Waals surface area contributed by atoms with Gasteiger partial charge in [-0.3, -0.25) is 4.79 Å². The first kappa shape index (κ1) is 18.7. The van der Waals surface area contributed by atoms with Crippen molar-refractivity contribution < 1.29 is 4.79 Å². The van der Waals surface area contributed by atoms with Gasteiger partial charge in [-0.05, 0) is 50.3 Å². The average molecular weight is 391 g/mol. The number of carbonyl (C=O) groups excluding carboxylic acids is 1. The lowest BCUT2D eigenvalue weighted by Gasteiger charge is -2.13. The summed E-state index contributed by atoms with van der Waals surface area (Å²) < 4.78 is 0. The van der Waals surface area contributed by atoms with Crippen LogP contribution in [0.4, 0.5) is 11.6 Å². The van der Waals surface area contributed by atoms with Gasteiger partial charge >= 0.3 is 0 Å². The largest absolute Gasteiger partial charge is 0.352 e. The third-order valence-electron chi connectivity index (χ3n) is 4.21. The van der Waals surface area contributed by atoms with Crippen molar-refractivity contribution in [1.82, 2.24) is 15.3 Å². The number of nitrogens with zero attached hydrogens (tertiary/aromatic N) is 2. The second-order valence-corrected chi connectivity index (χ2v) is 6.98. The second-order valence-electron chi connectivity index (χ2n) is 6.16. The topological polar surface area (TPSA) is 66.9 Å². The molecule has 0 atom stereocenters. The lowest BCUT2D eigenvalue weighted by atomic mass is 9.97. The highest BCUT2D eigenvalue weighted by Gasteiger charge is 2.09. The van der Waals surface area contributed by atoms with Crippen LogP contribution in [0.25, 0.3) is 0 Å². The molecule has 0 saturated carbocycles. The van der Waals surface area contributed by atoms with Gasteiger partial charge < -0.3 is 10.6 Å². The molecule has 1 aromatic heterocycles. The van der Waals surface area contributed by atoms with Crippen molar-refractivity contribution in [1.29, 1.82) is 0 Å². The summed E-state index contributed by atoms with van der Waals surface area (Å²) in [6, 6.07) is 5.15. The smallest absolute Gasteiger partial charge is 0.254 e. The Morgan fingerprint density at radius 3 is 2.62 bits per heavy atom. The van der Waals surface area contributed by atoms with Crippen molar-refractivity contribution in [2.45, 2.75) is 32.1 Å². The maximum Gasteiger partial charge on any atom is 0.254 e. The molecule has 1 aliphatic carbocycles. The fourth-order valence-electron chi connectivity index (χ4n) is 2.78. The zero-order chi connectivity index (χ0) is 18.4. The van der Waals surface area contributed by atoms with Crippen LogP contribution in [0.3, 0.4) is 0 Å². The number of aromatic nitrogens is 2. The van der Waals surface area contributed by atoms with Gasteiger partial charge in [-0.2, -0.15) is 0 Å². The first-order chi connectivity index (χ1) is 12.6. The molecule has 0 saturated heterocycles. The Bertz CT molecular complexity index is 806. The van der Waals surface area contributed by atoms with Gasteiger partial charge in [0.15, 0.2) is 0 Å². The predicted octanol–water partition coefficient (Wildman–Crippen LogP) is 5.15. The highest BCUT2D eigenvalue weighted by molar-refractivity contribution is 6.42. The van der Waals surface area contributed by atoms with E-state index in [1.54, 1.807) is 18.2 Å². The maximum atomic E-state index is 12.2. The number of rotatable bonds is 6. The number of hydrogen-bond donors (Lipinski definition) is 2. The van der Waals surface area contributed by atoms with E-state index in [-0.39, 0.29) is 5.91 Å². The Hall–Kier alpha value is -2.11. The van der Waals surface area contributed by atoms with E-state index < -0.39 is 0 Å². The maximum absolute atomic E-state index is 12.2. The molecule has 26 heavy (non-hydrogen) atoms. The Balaban J connectivity index is 1.52. The fraction of sp³-hybridized carbons (Fsp3) is 0.316. The van der Waals surface area contributed by atoms with E-state index in [0.29, 0.717) is 28.1 Å². The monoisotopic (exact) mass is 390 g/mol. The molecule has 136 valence electrons. The Labute approximate surface area is 162 Å². The van der Waals surface area contributed by atoms with E-state index in [9.17, 15) is 4.79 Å². The number of allylic oxidation sites excluding steroid dienone is 1. The van der Waals surface area contributed by atoms with Gasteiger partial charge in [0.2, 0.25) is 5.95 Å². The minimum atomic E-state index is -0.164. The van der Waals surface area contributed by atoms with E-state index in [1.807, 2.05) is 0 Å². The third-order valence-corrected chi connectivity index (χ3v) is 4.95. The van der Waals surface area contributed by atoms with Crippen LogP contribution in [0.15, 0.2) is 42.2 Å². The van der Waals surface area contributed by atoms with Crippen molar-refractivity contribution in [3.63, 3.8) is 0 Å².